The van der Waals surface area contributed by atoms with Crippen LogP contribution in [0.15, 0.2) is 42.9 Å². The third-order valence-corrected chi connectivity index (χ3v) is 6.30. The number of aromatic nitrogens is 2. The number of aliphatic carboxylic acids is 1. The second kappa shape index (κ2) is 15.2. The van der Waals surface area contributed by atoms with E-state index in [1.54, 1.807) is 36.0 Å². The predicted molar refractivity (Wildman–Crippen MR) is 141 cm³/mol. The van der Waals surface area contributed by atoms with Gasteiger partial charge in [0.05, 0.1) is 12.4 Å². The molecule has 11 nitrogen and oxygen atoms in total. The van der Waals surface area contributed by atoms with Crippen LogP contribution in [-0.2, 0) is 32.0 Å². The smallest absolute Gasteiger partial charge is 0.326 e. The highest BCUT2D eigenvalue weighted by molar-refractivity contribution is 7.98. The molecule has 196 valence electrons. The van der Waals surface area contributed by atoms with Gasteiger partial charge in [0.15, 0.2) is 0 Å². The van der Waals surface area contributed by atoms with E-state index in [1.807, 2.05) is 12.3 Å². The molecule has 2 rings (SSSR count). The number of carboxylic acids is 1. The zero-order valence-electron chi connectivity index (χ0n) is 19.8. The van der Waals surface area contributed by atoms with E-state index in [0.29, 0.717) is 17.9 Å². The van der Waals surface area contributed by atoms with E-state index in [1.165, 1.54) is 12.5 Å². The van der Waals surface area contributed by atoms with Crippen molar-refractivity contribution in [3.05, 3.63) is 54.1 Å². The monoisotopic (exact) mass is 536 g/mol. The third kappa shape index (κ3) is 9.55. The molecule has 3 amide bonds. The van der Waals surface area contributed by atoms with Gasteiger partial charge in [0, 0.05) is 30.5 Å². The van der Waals surface area contributed by atoms with Gasteiger partial charge in [0.25, 0.3) is 0 Å². The van der Waals surface area contributed by atoms with Gasteiger partial charge in [-0.25, -0.2) is 9.78 Å². The molecule has 2 aromatic rings. The fourth-order valence-corrected chi connectivity index (χ4v) is 4.02. The molecule has 0 bridgehead atoms. The molecule has 7 N–H and O–H groups in total. The Labute approximate surface area is 219 Å². The van der Waals surface area contributed by atoms with Gasteiger partial charge >= 0.3 is 5.97 Å². The lowest BCUT2D eigenvalue weighted by Gasteiger charge is -2.24. The molecular weight excluding hydrogens is 504 g/mol. The molecule has 0 saturated carbocycles. The van der Waals surface area contributed by atoms with Crippen LogP contribution in [0.1, 0.15) is 17.7 Å². The van der Waals surface area contributed by atoms with Crippen LogP contribution in [0.5, 0.6) is 0 Å². The number of nitrogens with two attached hydrogens (primary N) is 1. The van der Waals surface area contributed by atoms with Crippen molar-refractivity contribution in [1.82, 2.24) is 25.9 Å². The number of H-pyrrole nitrogens is 1. The minimum atomic E-state index is -1.25. The second-order valence-electron chi connectivity index (χ2n) is 8.06. The standard InChI is InChI=1S/C23H32N6O5S2/c1-36-8-7-16(24)20(30)29-19(12-35)22(32)27-17(9-14-5-3-2-4-6-14)21(31)28-18(23(33)34)10-15-11-25-13-26-15/h2-6,11,13,16-19,35H,7-10,12,24H2,1H3,(H,25,26)(H,27,32)(H,28,31)(H,29,30)(H,33,34). The number of carboxylic acid groups (broad SMARTS) is 1. The zero-order valence-corrected chi connectivity index (χ0v) is 21.6. The normalized spacial score (nSPS) is 14.2. The Morgan fingerprint density at radius 1 is 1.03 bits per heavy atom. The summed E-state index contributed by atoms with van der Waals surface area (Å²) in [5, 5.41) is 17.3. The Balaban J connectivity index is 2.14. The van der Waals surface area contributed by atoms with Crippen molar-refractivity contribution in [3.8, 4) is 0 Å². The number of aromatic amines is 1. The molecular formula is C23H32N6O5S2. The molecule has 0 saturated heterocycles. The number of thioether (sulfide) groups is 1. The van der Waals surface area contributed by atoms with Gasteiger partial charge in [0.1, 0.15) is 18.1 Å². The minimum absolute atomic E-state index is 0.0175. The summed E-state index contributed by atoms with van der Waals surface area (Å²) in [6, 6.07) is 4.80. The van der Waals surface area contributed by atoms with Crippen molar-refractivity contribution in [2.24, 2.45) is 5.73 Å². The number of nitrogens with one attached hydrogen (secondary N) is 4. The van der Waals surface area contributed by atoms with Crippen molar-refractivity contribution in [3.63, 3.8) is 0 Å². The van der Waals surface area contributed by atoms with Crippen LogP contribution in [0.25, 0.3) is 0 Å². The number of amides is 3. The highest BCUT2D eigenvalue weighted by atomic mass is 32.2. The highest BCUT2D eigenvalue weighted by Gasteiger charge is 2.30. The fraction of sp³-hybridized carbons (Fsp3) is 0.435. The number of hydrogen-bond acceptors (Lipinski definition) is 8. The summed E-state index contributed by atoms with van der Waals surface area (Å²) in [7, 11) is 0. The van der Waals surface area contributed by atoms with Gasteiger partial charge in [0.2, 0.25) is 17.7 Å². The molecule has 0 spiro atoms. The first kappa shape index (κ1) is 29.2. The fourth-order valence-electron chi connectivity index (χ4n) is 3.27. The lowest BCUT2D eigenvalue weighted by molar-refractivity contribution is -0.142. The van der Waals surface area contributed by atoms with Crippen LogP contribution in [0, 0.1) is 0 Å². The summed E-state index contributed by atoms with van der Waals surface area (Å²) in [5.74, 6) is -2.37. The Bertz CT molecular complexity index is 992. The summed E-state index contributed by atoms with van der Waals surface area (Å²) >= 11 is 5.72. The van der Waals surface area contributed by atoms with Crippen molar-refractivity contribution in [1.29, 1.82) is 0 Å². The van der Waals surface area contributed by atoms with Crippen LogP contribution >= 0.6 is 24.4 Å². The Hall–Kier alpha value is -3.03. The molecule has 0 radical (unpaired) electrons. The molecule has 4 unspecified atom stereocenters. The maximum atomic E-state index is 13.1. The van der Waals surface area contributed by atoms with Crippen molar-refractivity contribution in [2.45, 2.75) is 43.4 Å². The summed E-state index contributed by atoms with van der Waals surface area (Å²) < 4.78 is 0. The average molecular weight is 537 g/mol. The van der Waals surface area contributed by atoms with E-state index in [9.17, 15) is 24.3 Å². The number of rotatable bonds is 15. The Kier molecular flexibility index (Phi) is 12.3. The number of carbonyl (C=O) groups excluding carboxylic acids is 3. The van der Waals surface area contributed by atoms with Gasteiger partial charge in [-0.05, 0) is 24.0 Å². The molecule has 0 aliphatic rings. The first-order valence-corrected chi connectivity index (χ1v) is 13.3. The largest absolute Gasteiger partial charge is 0.480 e. The van der Waals surface area contributed by atoms with E-state index in [4.69, 9.17) is 5.73 Å². The van der Waals surface area contributed by atoms with Crippen LogP contribution in [0.3, 0.4) is 0 Å². The highest BCUT2D eigenvalue weighted by Crippen LogP contribution is 2.07. The van der Waals surface area contributed by atoms with Gasteiger partial charge in [-0.15, -0.1) is 0 Å². The molecule has 1 aromatic heterocycles. The van der Waals surface area contributed by atoms with Crippen molar-refractivity contribution >= 4 is 48.1 Å². The zero-order chi connectivity index (χ0) is 26.5. The maximum absolute atomic E-state index is 13.1. The molecule has 0 aliphatic carbocycles. The predicted octanol–water partition coefficient (Wildman–Crippen LogP) is -0.256. The number of benzene rings is 1. The topological polar surface area (TPSA) is 179 Å². The Morgan fingerprint density at radius 2 is 1.67 bits per heavy atom. The molecule has 1 aromatic carbocycles. The quantitative estimate of drug-likeness (QED) is 0.152. The first-order valence-electron chi connectivity index (χ1n) is 11.3. The Morgan fingerprint density at radius 3 is 2.25 bits per heavy atom. The van der Waals surface area contributed by atoms with Crippen LogP contribution in [-0.4, -0.2) is 80.7 Å². The maximum Gasteiger partial charge on any atom is 0.326 e. The molecule has 0 fully saturated rings. The molecule has 36 heavy (non-hydrogen) atoms. The molecule has 1 heterocycles. The lowest BCUT2D eigenvalue weighted by atomic mass is 10.0. The van der Waals surface area contributed by atoms with E-state index < -0.39 is 47.9 Å². The molecule has 4 atom stereocenters. The van der Waals surface area contributed by atoms with Gasteiger partial charge in [-0.1, -0.05) is 30.3 Å². The third-order valence-electron chi connectivity index (χ3n) is 5.29. The van der Waals surface area contributed by atoms with E-state index in [-0.39, 0.29) is 18.6 Å². The van der Waals surface area contributed by atoms with Crippen molar-refractivity contribution in [2.75, 3.05) is 17.8 Å². The molecule has 13 heteroatoms. The van der Waals surface area contributed by atoms with Crippen LogP contribution < -0.4 is 21.7 Å². The summed E-state index contributed by atoms with van der Waals surface area (Å²) in [4.78, 5) is 57.0. The van der Waals surface area contributed by atoms with E-state index >= 15 is 0 Å². The SMILES string of the molecule is CSCCC(N)C(=O)NC(CS)C(=O)NC(Cc1ccccc1)C(=O)NC(Cc1cnc[nH]1)C(=O)O. The lowest BCUT2D eigenvalue weighted by Crippen LogP contribution is -2.58. The second-order valence-corrected chi connectivity index (χ2v) is 9.41. The van der Waals surface area contributed by atoms with Crippen LogP contribution in [0.4, 0.5) is 0 Å². The number of nitrogens with zero attached hydrogens (tertiary/aromatic N) is 1. The summed E-state index contributed by atoms with van der Waals surface area (Å²) in [5.41, 5.74) is 7.17. The van der Waals surface area contributed by atoms with Crippen molar-refractivity contribution < 1.29 is 24.3 Å². The van der Waals surface area contributed by atoms with E-state index in [0.717, 1.165) is 5.56 Å². The van der Waals surface area contributed by atoms with E-state index in [2.05, 4.69) is 38.5 Å². The number of hydrogen-bond donors (Lipinski definition) is 7. The summed E-state index contributed by atoms with van der Waals surface area (Å²) in [6.07, 6.45) is 5.31. The first-order chi connectivity index (χ1) is 17.2. The van der Waals surface area contributed by atoms with Gasteiger partial charge in [-0.3, -0.25) is 14.4 Å². The number of carbonyl (C=O) groups is 4. The average Bonchev–Trinajstić information content (AvgIpc) is 3.38. The van der Waals surface area contributed by atoms with Gasteiger partial charge < -0.3 is 31.8 Å². The summed E-state index contributed by atoms with van der Waals surface area (Å²) in [6.45, 7) is 0. The van der Waals surface area contributed by atoms with Gasteiger partial charge in [-0.2, -0.15) is 24.4 Å². The number of imidazole rings is 1. The minimum Gasteiger partial charge on any atom is -0.480 e. The molecule has 0 aliphatic heterocycles. The number of thiol groups is 1. The van der Waals surface area contributed by atoms with Crippen LogP contribution in [0.2, 0.25) is 0 Å².